The molecule has 0 amide bonds. The molecule has 0 aromatic carbocycles. The van der Waals surface area contributed by atoms with E-state index >= 15 is 0 Å². The van der Waals surface area contributed by atoms with Gasteiger partial charge in [0.1, 0.15) is 11.8 Å². The van der Waals surface area contributed by atoms with Gasteiger partial charge in [-0.2, -0.15) is 0 Å². The fraction of sp³-hybridized carbons (Fsp3) is 0.583. The molecule has 1 aromatic heterocycles. The molecule has 0 saturated heterocycles. The van der Waals surface area contributed by atoms with E-state index in [4.69, 9.17) is 9.15 Å². The number of fused-ring (bicyclic) bond motifs is 1. The number of hydrogen-bond donors (Lipinski definition) is 1. The van der Waals surface area contributed by atoms with E-state index in [9.17, 15) is 4.79 Å². The predicted octanol–water partition coefficient (Wildman–Crippen LogP) is 2.30. The van der Waals surface area contributed by atoms with Crippen LogP contribution in [0.3, 0.4) is 0 Å². The third-order valence-corrected chi connectivity index (χ3v) is 2.80. The normalized spacial score (nSPS) is 18.4. The first-order valence-electron chi connectivity index (χ1n) is 5.67. The lowest BCUT2D eigenvalue weighted by atomic mass is 10.1. The number of esters is 1. The van der Waals surface area contributed by atoms with Gasteiger partial charge in [-0.05, 0) is 12.8 Å². The lowest BCUT2D eigenvalue weighted by Crippen LogP contribution is -2.29. The first-order chi connectivity index (χ1) is 7.63. The molecular weight excluding hydrogens is 206 g/mol. The summed E-state index contributed by atoms with van der Waals surface area (Å²) >= 11 is 0. The quantitative estimate of drug-likeness (QED) is 0.799. The van der Waals surface area contributed by atoms with E-state index in [1.54, 1.807) is 6.26 Å². The zero-order valence-corrected chi connectivity index (χ0v) is 9.87. The number of furan rings is 1. The molecule has 1 aliphatic heterocycles. The highest BCUT2D eigenvalue weighted by Crippen LogP contribution is 2.35. The number of carbonyl (C=O) groups excluding carboxylic acids is 1. The zero-order valence-electron chi connectivity index (χ0n) is 9.87. The predicted molar refractivity (Wildman–Crippen MR) is 60.5 cm³/mol. The van der Waals surface area contributed by atoms with Crippen LogP contribution in [0.4, 0.5) is 5.69 Å². The van der Waals surface area contributed by atoms with E-state index < -0.39 is 0 Å². The van der Waals surface area contributed by atoms with E-state index in [1.165, 1.54) is 0 Å². The molecule has 2 rings (SSSR count). The van der Waals surface area contributed by atoms with E-state index in [2.05, 4.69) is 19.2 Å². The monoisotopic (exact) mass is 223 g/mol. The fourth-order valence-corrected chi connectivity index (χ4v) is 1.95. The van der Waals surface area contributed by atoms with Crippen molar-refractivity contribution in [2.75, 3.05) is 11.9 Å². The summed E-state index contributed by atoms with van der Waals surface area (Å²) in [5, 5.41) is 3.18. The number of carbonyl (C=O) groups is 1. The minimum absolute atomic E-state index is 0.205. The maximum Gasteiger partial charge on any atom is 0.329 e. The molecule has 1 unspecified atom stereocenters. The molecule has 0 saturated carbocycles. The zero-order chi connectivity index (χ0) is 11.7. The molecule has 2 heterocycles. The van der Waals surface area contributed by atoms with Crippen molar-refractivity contribution in [2.45, 2.75) is 39.2 Å². The van der Waals surface area contributed by atoms with Crippen molar-refractivity contribution < 1.29 is 13.9 Å². The fourth-order valence-electron chi connectivity index (χ4n) is 1.95. The summed E-state index contributed by atoms with van der Waals surface area (Å²) in [6.07, 6.45) is 2.35. The molecule has 4 heteroatoms. The van der Waals surface area contributed by atoms with E-state index in [1.807, 2.05) is 6.92 Å². The lowest BCUT2D eigenvalue weighted by Gasteiger charge is -2.11. The van der Waals surface area contributed by atoms with Gasteiger partial charge in [-0.3, -0.25) is 0 Å². The molecule has 0 bridgehead atoms. The summed E-state index contributed by atoms with van der Waals surface area (Å²) in [5.74, 6) is 1.05. The molecule has 88 valence electrons. The summed E-state index contributed by atoms with van der Waals surface area (Å²) in [6, 6.07) is -0.285. The maximum absolute atomic E-state index is 11.6. The first kappa shape index (κ1) is 11.0. The largest absolute Gasteiger partial charge is 0.467 e. The Hall–Kier alpha value is -1.45. The van der Waals surface area contributed by atoms with Crippen molar-refractivity contribution in [2.24, 2.45) is 0 Å². The summed E-state index contributed by atoms with van der Waals surface area (Å²) in [6.45, 7) is 6.42. The summed E-state index contributed by atoms with van der Waals surface area (Å²) in [4.78, 5) is 11.6. The molecule has 0 spiro atoms. The average Bonchev–Trinajstić information content (AvgIpc) is 2.74. The minimum atomic E-state index is -0.285. The highest BCUT2D eigenvalue weighted by molar-refractivity contribution is 5.83. The van der Waals surface area contributed by atoms with Crippen LogP contribution in [0, 0.1) is 0 Å². The number of hydrogen-bond acceptors (Lipinski definition) is 4. The third-order valence-electron chi connectivity index (χ3n) is 2.80. The second-order valence-corrected chi connectivity index (χ2v) is 4.30. The highest BCUT2D eigenvalue weighted by atomic mass is 16.5. The van der Waals surface area contributed by atoms with Crippen LogP contribution >= 0.6 is 0 Å². The highest BCUT2D eigenvalue weighted by Gasteiger charge is 2.32. The Kier molecular flexibility index (Phi) is 2.90. The molecule has 4 nitrogen and oxygen atoms in total. The SMILES string of the molecule is CCOC(=O)C1Cc2occ(C(C)C)c2N1. The molecule has 1 N–H and O–H groups in total. The van der Waals surface area contributed by atoms with Crippen LogP contribution in [0.1, 0.15) is 38.0 Å². The number of rotatable bonds is 3. The maximum atomic E-state index is 11.6. The standard InChI is InChI=1S/C12H17NO3/c1-4-15-12(14)9-5-10-11(13-9)8(6-16-10)7(2)3/h6-7,9,13H,4-5H2,1-3H3. The van der Waals surface area contributed by atoms with Crippen molar-refractivity contribution in [1.29, 1.82) is 0 Å². The van der Waals surface area contributed by atoms with Crippen molar-refractivity contribution >= 4 is 11.7 Å². The van der Waals surface area contributed by atoms with Gasteiger partial charge >= 0.3 is 5.97 Å². The van der Waals surface area contributed by atoms with Crippen LogP contribution in [0.25, 0.3) is 0 Å². The topological polar surface area (TPSA) is 51.5 Å². The van der Waals surface area contributed by atoms with Gasteiger partial charge in [0.2, 0.25) is 0 Å². The first-order valence-corrected chi connectivity index (χ1v) is 5.67. The van der Waals surface area contributed by atoms with E-state index in [0.29, 0.717) is 18.9 Å². The smallest absolute Gasteiger partial charge is 0.329 e. The van der Waals surface area contributed by atoms with Crippen LogP contribution < -0.4 is 5.32 Å². The number of ether oxygens (including phenoxy) is 1. The van der Waals surface area contributed by atoms with Crippen LogP contribution in [0.15, 0.2) is 10.7 Å². The average molecular weight is 223 g/mol. The van der Waals surface area contributed by atoms with E-state index in [0.717, 1.165) is 17.0 Å². The minimum Gasteiger partial charge on any atom is -0.467 e. The molecule has 0 fully saturated rings. The van der Waals surface area contributed by atoms with Crippen molar-refractivity contribution in [3.8, 4) is 0 Å². The second-order valence-electron chi connectivity index (χ2n) is 4.30. The Morgan fingerprint density at radius 3 is 3.06 bits per heavy atom. The molecule has 1 aliphatic rings. The van der Waals surface area contributed by atoms with Crippen molar-refractivity contribution in [3.63, 3.8) is 0 Å². The van der Waals surface area contributed by atoms with Gasteiger partial charge in [0, 0.05) is 12.0 Å². The van der Waals surface area contributed by atoms with Gasteiger partial charge < -0.3 is 14.5 Å². The van der Waals surface area contributed by atoms with Crippen molar-refractivity contribution in [1.82, 2.24) is 0 Å². The summed E-state index contributed by atoms with van der Waals surface area (Å²) in [7, 11) is 0. The van der Waals surface area contributed by atoms with Crippen molar-refractivity contribution in [3.05, 3.63) is 17.6 Å². The number of anilines is 1. The Bertz CT molecular complexity index is 395. The molecule has 1 atom stereocenters. The molecule has 0 radical (unpaired) electrons. The van der Waals surface area contributed by atoms with Crippen LogP contribution in [-0.4, -0.2) is 18.6 Å². The van der Waals surface area contributed by atoms with Crippen LogP contribution in [0.2, 0.25) is 0 Å². The Morgan fingerprint density at radius 1 is 1.69 bits per heavy atom. The van der Waals surface area contributed by atoms with E-state index in [-0.39, 0.29) is 12.0 Å². The second kappa shape index (κ2) is 4.20. The van der Waals surface area contributed by atoms with Gasteiger partial charge in [-0.25, -0.2) is 4.79 Å². The molecule has 0 aliphatic carbocycles. The lowest BCUT2D eigenvalue weighted by molar-refractivity contribution is -0.143. The summed E-state index contributed by atoms with van der Waals surface area (Å²) in [5.41, 5.74) is 2.11. The third kappa shape index (κ3) is 1.79. The van der Waals surface area contributed by atoms with Gasteiger partial charge in [-0.1, -0.05) is 13.8 Å². The Balaban J connectivity index is 2.12. The van der Waals surface area contributed by atoms with Gasteiger partial charge in [0.15, 0.2) is 0 Å². The summed E-state index contributed by atoms with van der Waals surface area (Å²) < 4.78 is 10.4. The molecule has 16 heavy (non-hydrogen) atoms. The van der Waals surface area contributed by atoms with Crippen LogP contribution in [0.5, 0.6) is 0 Å². The van der Waals surface area contributed by atoms with Gasteiger partial charge in [0.05, 0.1) is 18.6 Å². The van der Waals surface area contributed by atoms with Crippen LogP contribution in [-0.2, 0) is 16.0 Å². The molecular formula is C12H17NO3. The Morgan fingerprint density at radius 2 is 2.44 bits per heavy atom. The van der Waals surface area contributed by atoms with Gasteiger partial charge in [-0.15, -0.1) is 0 Å². The number of nitrogens with one attached hydrogen (secondary N) is 1. The van der Waals surface area contributed by atoms with Gasteiger partial charge in [0.25, 0.3) is 0 Å². The Labute approximate surface area is 95.0 Å². The molecule has 1 aromatic rings.